The number of nitrogens with zero attached hydrogens (tertiary/aromatic N) is 1. The van der Waals surface area contributed by atoms with Crippen LogP contribution in [0.5, 0.6) is 5.75 Å². The molecule has 2 amide bonds. The quantitative estimate of drug-likeness (QED) is 0.709. The molecule has 0 aliphatic carbocycles. The molecule has 1 fully saturated rings. The summed E-state index contributed by atoms with van der Waals surface area (Å²) in [6.45, 7) is 6.18. The van der Waals surface area contributed by atoms with Crippen LogP contribution in [0, 0.1) is 19.8 Å². The van der Waals surface area contributed by atoms with Crippen LogP contribution < -0.4 is 15.0 Å². The van der Waals surface area contributed by atoms with Crippen molar-refractivity contribution in [3.63, 3.8) is 0 Å². The highest BCUT2D eigenvalue weighted by atomic mass is 16.5. The zero-order valence-electron chi connectivity index (χ0n) is 17.4. The molecular formula is C23H26N2O5. The number of nitrogens with one attached hydrogen (secondary N) is 1. The van der Waals surface area contributed by atoms with Gasteiger partial charge in [0.1, 0.15) is 5.75 Å². The number of hydrogen-bond acceptors (Lipinski definition) is 5. The van der Waals surface area contributed by atoms with E-state index >= 15 is 0 Å². The standard InChI is InChI=1S/C23H26N2O5/c1-4-29-19-10-8-18(9-11-19)24-20(26)14-30-23(28)17-12-21(27)25(13-17)22-15(2)6-5-7-16(22)3/h5-11,17H,4,12-14H2,1-3H3,(H,24,26)/t17-/m1/s1. The first-order chi connectivity index (χ1) is 14.4. The van der Waals surface area contributed by atoms with Gasteiger partial charge in [0.25, 0.3) is 5.91 Å². The molecule has 7 nitrogen and oxygen atoms in total. The van der Waals surface area contributed by atoms with E-state index in [9.17, 15) is 14.4 Å². The number of esters is 1. The maximum atomic E-state index is 12.5. The van der Waals surface area contributed by atoms with Crippen molar-refractivity contribution in [3.8, 4) is 5.75 Å². The van der Waals surface area contributed by atoms with E-state index in [4.69, 9.17) is 9.47 Å². The summed E-state index contributed by atoms with van der Waals surface area (Å²) in [6.07, 6.45) is 0.0765. The monoisotopic (exact) mass is 410 g/mol. The van der Waals surface area contributed by atoms with Crippen LogP contribution in [0.4, 0.5) is 11.4 Å². The van der Waals surface area contributed by atoms with Crippen LogP contribution >= 0.6 is 0 Å². The summed E-state index contributed by atoms with van der Waals surface area (Å²) in [6, 6.07) is 12.7. The molecule has 3 rings (SSSR count). The summed E-state index contributed by atoms with van der Waals surface area (Å²) in [7, 11) is 0. The van der Waals surface area contributed by atoms with Gasteiger partial charge in [-0.2, -0.15) is 0 Å². The average Bonchev–Trinajstić information content (AvgIpc) is 3.09. The van der Waals surface area contributed by atoms with Crippen molar-refractivity contribution in [1.29, 1.82) is 0 Å². The Kier molecular flexibility index (Phi) is 6.72. The van der Waals surface area contributed by atoms with Crippen molar-refractivity contribution in [2.45, 2.75) is 27.2 Å². The summed E-state index contributed by atoms with van der Waals surface area (Å²) in [5.41, 5.74) is 3.38. The molecule has 0 aromatic heterocycles. The Morgan fingerprint density at radius 2 is 1.77 bits per heavy atom. The van der Waals surface area contributed by atoms with Crippen molar-refractivity contribution in [2.24, 2.45) is 5.92 Å². The van der Waals surface area contributed by atoms with Crippen LogP contribution in [0.25, 0.3) is 0 Å². The minimum atomic E-state index is -0.588. The molecule has 1 aliphatic rings. The summed E-state index contributed by atoms with van der Waals surface area (Å²) in [5, 5.41) is 2.67. The number of ether oxygens (including phenoxy) is 2. The molecule has 0 spiro atoms. The van der Waals surface area contributed by atoms with Crippen molar-refractivity contribution in [1.82, 2.24) is 0 Å². The van der Waals surface area contributed by atoms with Crippen LogP contribution in [0.2, 0.25) is 0 Å². The Morgan fingerprint density at radius 3 is 2.40 bits per heavy atom. The van der Waals surface area contributed by atoms with Gasteiger partial charge < -0.3 is 19.7 Å². The zero-order chi connectivity index (χ0) is 21.7. The van der Waals surface area contributed by atoms with Crippen molar-refractivity contribution in [3.05, 3.63) is 53.6 Å². The molecule has 0 radical (unpaired) electrons. The summed E-state index contributed by atoms with van der Waals surface area (Å²) >= 11 is 0. The number of para-hydroxylation sites is 1. The molecular weight excluding hydrogens is 384 g/mol. The minimum Gasteiger partial charge on any atom is -0.494 e. The number of benzene rings is 2. The highest BCUT2D eigenvalue weighted by Gasteiger charge is 2.37. The fraction of sp³-hybridized carbons (Fsp3) is 0.348. The second-order valence-electron chi connectivity index (χ2n) is 7.26. The molecule has 2 aromatic carbocycles. The number of carbonyl (C=O) groups is 3. The first kappa shape index (κ1) is 21.4. The maximum absolute atomic E-state index is 12.5. The van der Waals surface area contributed by atoms with E-state index in [1.54, 1.807) is 29.2 Å². The molecule has 1 saturated heterocycles. The van der Waals surface area contributed by atoms with Gasteiger partial charge >= 0.3 is 5.97 Å². The van der Waals surface area contributed by atoms with E-state index in [-0.39, 0.29) is 18.9 Å². The van der Waals surface area contributed by atoms with Gasteiger partial charge in [0, 0.05) is 24.3 Å². The van der Waals surface area contributed by atoms with Crippen molar-refractivity contribution >= 4 is 29.2 Å². The average molecular weight is 410 g/mol. The molecule has 1 heterocycles. The number of aryl methyl sites for hydroxylation is 2. The summed E-state index contributed by atoms with van der Waals surface area (Å²) in [5.74, 6) is -0.980. The lowest BCUT2D eigenvalue weighted by atomic mass is 10.1. The van der Waals surface area contributed by atoms with E-state index in [0.717, 1.165) is 16.8 Å². The maximum Gasteiger partial charge on any atom is 0.311 e. The van der Waals surface area contributed by atoms with E-state index in [0.29, 0.717) is 18.0 Å². The van der Waals surface area contributed by atoms with Crippen LogP contribution in [0.3, 0.4) is 0 Å². The normalized spacial score (nSPS) is 15.8. The molecule has 158 valence electrons. The molecule has 30 heavy (non-hydrogen) atoms. The second-order valence-corrected chi connectivity index (χ2v) is 7.26. The fourth-order valence-corrected chi connectivity index (χ4v) is 3.57. The first-order valence-corrected chi connectivity index (χ1v) is 9.95. The van der Waals surface area contributed by atoms with E-state index < -0.39 is 24.4 Å². The van der Waals surface area contributed by atoms with E-state index in [2.05, 4.69) is 5.32 Å². The lowest BCUT2D eigenvalue weighted by molar-refractivity contribution is -0.151. The van der Waals surface area contributed by atoms with Gasteiger partial charge in [0.15, 0.2) is 6.61 Å². The first-order valence-electron chi connectivity index (χ1n) is 9.95. The van der Waals surface area contributed by atoms with Crippen molar-refractivity contribution in [2.75, 3.05) is 30.0 Å². The number of carbonyl (C=O) groups excluding carboxylic acids is 3. The van der Waals surface area contributed by atoms with Gasteiger partial charge in [-0.3, -0.25) is 14.4 Å². The van der Waals surface area contributed by atoms with Gasteiger partial charge in [0.2, 0.25) is 5.91 Å². The lowest BCUT2D eigenvalue weighted by Crippen LogP contribution is -2.29. The molecule has 0 saturated carbocycles. The molecule has 0 unspecified atom stereocenters. The predicted molar refractivity (Wildman–Crippen MR) is 114 cm³/mol. The van der Waals surface area contributed by atoms with Gasteiger partial charge in [-0.25, -0.2) is 0 Å². The SMILES string of the molecule is CCOc1ccc(NC(=O)COC(=O)[C@@H]2CC(=O)N(c3c(C)cccc3C)C2)cc1. The third kappa shape index (κ3) is 4.97. The Morgan fingerprint density at radius 1 is 1.10 bits per heavy atom. The van der Waals surface area contributed by atoms with Gasteiger partial charge in [-0.05, 0) is 56.2 Å². The number of anilines is 2. The minimum absolute atomic E-state index is 0.0765. The topological polar surface area (TPSA) is 84.9 Å². The summed E-state index contributed by atoms with van der Waals surface area (Å²) < 4.78 is 10.5. The smallest absolute Gasteiger partial charge is 0.311 e. The third-order valence-electron chi connectivity index (χ3n) is 4.96. The zero-order valence-corrected chi connectivity index (χ0v) is 17.4. The summed E-state index contributed by atoms with van der Waals surface area (Å²) in [4.78, 5) is 38.6. The van der Waals surface area contributed by atoms with E-state index in [1.165, 1.54) is 0 Å². The molecule has 1 aliphatic heterocycles. The fourth-order valence-electron chi connectivity index (χ4n) is 3.57. The molecule has 7 heteroatoms. The number of amides is 2. The Hall–Kier alpha value is -3.35. The Labute approximate surface area is 176 Å². The van der Waals surface area contributed by atoms with Crippen LogP contribution in [-0.2, 0) is 19.1 Å². The van der Waals surface area contributed by atoms with Crippen LogP contribution in [-0.4, -0.2) is 37.5 Å². The Balaban J connectivity index is 1.52. The van der Waals surface area contributed by atoms with Gasteiger partial charge in [0.05, 0.1) is 12.5 Å². The molecule has 2 aromatic rings. The lowest BCUT2D eigenvalue weighted by Gasteiger charge is -2.21. The van der Waals surface area contributed by atoms with Crippen molar-refractivity contribution < 1.29 is 23.9 Å². The molecule has 0 bridgehead atoms. The highest BCUT2D eigenvalue weighted by Crippen LogP contribution is 2.31. The van der Waals surface area contributed by atoms with Gasteiger partial charge in [-0.15, -0.1) is 0 Å². The largest absolute Gasteiger partial charge is 0.494 e. The molecule has 1 N–H and O–H groups in total. The van der Waals surface area contributed by atoms with Crippen LogP contribution in [0.15, 0.2) is 42.5 Å². The van der Waals surface area contributed by atoms with Crippen LogP contribution in [0.1, 0.15) is 24.5 Å². The highest BCUT2D eigenvalue weighted by molar-refractivity contribution is 6.01. The third-order valence-corrected chi connectivity index (χ3v) is 4.96. The predicted octanol–water partition coefficient (Wildman–Crippen LogP) is 3.24. The number of rotatable bonds is 7. The molecule has 1 atom stereocenters. The van der Waals surface area contributed by atoms with E-state index in [1.807, 2.05) is 39.0 Å². The number of hydrogen-bond donors (Lipinski definition) is 1. The van der Waals surface area contributed by atoms with Gasteiger partial charge in [-0.1, -0.05) is 18.2 Å². The second kappa shape index (κ2) is 9.43. The Bertz CT molecular complexity index is 919.